The molecule has 0 aliphatic carbocycles. The molecular weight excluding hydrogens is 352 g/mol. The molecule has 0 spiro atoms. The molecule has 1 unspecified atom stereocenters. The molecule has 25 heavy (non-hydrogen) atoms. The molecule has 124 valence electrons. The van der Waals surface area contributed by atoms with Crippen molar-refractivity contribution in [2.24, 2.45) is 0 Å². The number of aromatic nitrogens is 3. The second-order valence-electron chi connectivity index (χ2n) is 5.29. The van der Waals surface area contributed by atoms with Gasteiger partial charge in [-0.05, 0) is 17.7 Å². The Morgan fingerprint density at radius 1 is 1.12 bits per heavy atom. The van der Waals surface area contributed by atoms with Crippen LogP contribution in [0, 0.1) is 0 Å². The molecule has 2 aromatic carbocycles. The van der Waals surface area contributed by atoms with Gasteiger partial charge in [0.1, 0.15) is 5.25 Å². The van der Waals surface area contributed by atoms with Gasteiger partial charge in [-0.25, -0.2) is 9.97 Å². The Bertz CT molecular complexity index is 950. The minimum absolute atomic E-state index is 0.119. The summed E-state index contributed by atoms with van der Waals surface area (Å²) in [4.78, 5) is 24.8. The Morgan fingerprint density at radius 2 is 1.92 bits per heavy atom. The molecule has 0 bridgehead atoms. The van der Waals surface area contributed by atoms with Crippen molar-refractivity contribution in [2.75, 3.05) is 5.32 Å². The molecule has 2 aromatic heterocycles. The summed E-state index contributed by atoms with van der Waals surface area (Å²) in [5, 5.41) is 5.59. The number of anilines is 1. The van der Waals surface area contributed by atoms with E-state index in [-0.39, 0.29) is 5.91 Å². The predicted molar refractivity (Wildman–Crippen MR) is 102 cm³/mol. The van der Waals surface area contributed by atoms with Gasteiger partial charge in [0.2, 0.25) is 5.91 Å². The molecule has 7 heteroatoms. The summed E-state index contributed by atoms with van der Waals surface area (Å²) in [6, 6.07) is 17.5. The lowest BCUT2D eigenvalue weighted by Crippen LogP contribution is -2.19. The predicted octanol–water partition coefficient (Wildman–Crippen LogP) is 4.49. The number of rotatable bonds is 5. The van der Waals surface area contributed by atoms with Crippen LogP contribution in [0.4, 0.5) is 5.13 Å². The summed E-state index contributed by atoms with van der Waals surface area (Å²) in [6.45, 7) is 0. The number of amides is 1. The minimum atomic E-state index is -0.425. The van der Waals surface area contributed by atoms with Gasteiger partial charge in [-0.3, -0.25) is 4.79 Å². The molecule has 0 saturated heterocycles. The zero-order valence-corrected chi connectivity index (χ0v) is 14.7. The molecule has 0 radical (unpaired) electrons. The summed E-state index contributed by atoms with van der Waals surface area (Å²) >= 11 is 2.79. The zero-order valence-electron chi connectivity index (χ0n) is 13.0. The fraction of sp³-hybridized carbons (Fsp3) is 0.0556. The molecule has 1 amide bonds. The van der Waals surface area contributed by atoms with Crippen LogP contribution in [0.25, 0.3) is 11.0 Å². The van der Waals surface area contributed by atoms with Crippen molar-refractivity contribution in [3.8, 4) is 0 Å². The topological polar surface area (TPSA) is 70.7 Å². The van der Waals surface area contributed by atoms with E-state index in [1.54, 1.807) is 6.20 Å². The Kier molecular flexibility index (Phi) is 4.49. The number of para-hydroxylation sites is 2. The van der Waals surface area contributed by atoms with E-state index >= 15 is 0 Å². The van der Waals surface area contributed by atoms with Gasteiger partial charge < -0.3 is 10.3 Å². The van der Waals surface area contributed by atoms with Gasteiger partial charge in [-0.2, -0.15) is 0 Å². The van der Waals surface area contributed by atoms with Crippen molar-refractivity contribution in [1.82, 2.24) is 15.0 Å². The molecule has 1 atom stereocenters. The number of nitrogens with zero attached hydrogens (tertiary/aromatic N) is 2. The maximum absolute atomic E-state index is 12.8. The van der Waals surface area contributed by atoms with Crippen LogP contribution in [0.2, 0.25) is 0 Å². The summed E-state index contributed by atoms with van der Waals surface area (Å²) in [5.74, 6) is -0.119. The number of carbonyl (C=O) groups excluding carboxylic acids is 1. The smallest absolute Gasteiger partial charge is 0.244 e. The Balaban J connectivity index is 1.63. The first-order chi connectivity index (χ1) is 12.3. The van der Waals surface area contributed by atoms with Gasteiger partial charge in [0.15, 0.2) is 10.3 Å². The van der Waals surface area contributed by atoms with Crippen LogP contribution in [0.3, 0.4) is 0 Å². The number of imidazole rings is 1. The van der Waals surface area contributed by atoms with Crippen molar-refractivity contribution >= 4 is 45.2 Å². The van der Waals surface area contributed by atoms with Crippen LogP contribution in [0.5, 0.6) is 0 Å². The van der Waals surface area contributed by atoms with Crippen LogP contribution in [0.15, 0.2) is 71.3 Å². The lowest BCUT2D eigenvalue weighted by molar-refractivity contribution is -0.115. The van der Waals surface area contributed by atoms with Gasteiger partial charge in [-0.15, -0.1) is 11.3 Å². The summed E-state index contributed by atoms with van der Waals surface area (Å²) in [7, 11) is 0. The van der Waals surface area contributed by atoms with E-state index in [0.29, 0.717) is 10.3 Å². The molecular formula is C18H14N4OS2. The molecule has 0 fully saturated rings. The van der Waals surface area contributed by atoms with E-state index in [9.17, 15) is 4.79 Å². The molecule has 2 heterocycles. The highest BCUT2D eigenvalue weighted by Crippen LogP contribution is 2.35. The van der Waals surface area contributed by atoms with Crippen molar-refractivity contribution in [2.45, 2.75) is 10.4 Å². The van der Waals surface area contributed by atoms with Crippen LogP contribution in [0.1, 0.15) is 10.8 Å². The van der Waals surface area contributed by atoms with Crippen LogP contribution in [-0.4, -0.2) is 20.9 Å². The fourth-order valence-electron chi connectivity index (χ4n) is 2.45. The van der Waals surface area contributed by atoms with Gasteiger partial charge in [0.25, 0.3) is 0 Å². The number of nitrogens with one attached hydrogen (secondary N) is 2. The normalized spacial score (nSPS) is 12.2. The number of fused-ring (bicyclic) bond motifs is 1. The van der Waals surface area contributed by atoms with Crippen molar-refractivity contribution in [3.05, 3.63) is 71.7 Å². The van der Waals surface area contributed by atoms with Crippen molar-refractivity contribution < 1.29 is 4.79 Å². The molecule has 0 saturated carbocycles. The number of carbonyl (C=O) groups is 1. The summed E-state index contributed by atoms with van der Waals surface area (Å²) in [6.07, 6.45) is 1.67. The quantitative estimate of drug-likeness (QED) is 0.511. The highest BCUT2D eigenvalue weighted by molar-refractivity contribution is 8.00. The van der Waals surface area contributed by atoms with Crippen LogP contribution < -0.4 is 5.32 Å². The number of hydrogen-bond donors (Lipinski definition) is 2. The maximum atomic E-state index is 12.8. The number of thiazole rings is 1. The molecule has 2 N–H and O–H groups in total. The van der Waals surface area contributed by atoms with Crippen LogP contribution in [-0.2, 0) is 4.79 Å². The van der Waals surface area contributed by atoms with Gasteiger partial charge >= 0.3 is 0 Å². The number of H-pyrrole nitrogens is 1. The Hall–Kier alpha value is -2.64. The number of aromatic amines is 1. The highest BCUT2D eigenvalue weighted by Gasteiger charge is 2.24. The van der Waals surface area contributed by atoms with E-state index in [4.69, 9.17) is 0 Å². The monoisotopic (exact) mass is 366 g/mol. The first kappa shape index (κ1) is 15.9. The van der Waals surface area contributed by atoms with E-state index in [1.165, 1.54) is 23.1 Å². The second kappa shape index (κ2) is 7.08. The lowest BCUT2D eigenvalue weighted by atomic mass is 10.1. The minimum Gasteiger partial charge on any atom is -0.333 e. The second-order valence-corrected chi connectivity index (χ2v) is 7.28. The molecule has 0 aliphatic heterocycles. The maximum Gasteiger partial charge on any atom is 0.244 e. The average molecular weight is 366 g/mol. The first-order valence-corrected chi connectivity index (χ1v) is 9.42. The summed E-state index contributed by atoms with van der Waals surface area (Å²) < 4.78 is 0. The average Bonchev–Trinajstić information content (AvgIpc) is 3.29. The zero-order chi connectivity index (χ0) is 17.1. The van der Waals surface area contributed by atoms with Crippen molar-refractivity contribution in [3.63, 3.8) is 0 Å². The molecule has 0 aliphatic rings. The highest BCUT2D eigenvalue weighted by atomic mass is 32.2. The fourth-order valence-corrected chi connectivity index (χ4v) is 3.99. The third kappa shape index (κ3) is 3.57. The van der Waals surface area contributed by atoms with E-state index in [2.05, 4.69) is 20.3 Å². The molecule has 4 aromatic rings. The molecule has 5 nitrogen and oxygen atoms in total. The van der Waals surface area contributed by atoms with E-state index < -0.39 is 5.25 Å². The summed E-state index contributed by atoms with van der Waals surface area (Å²) in [5.41, 5.74) is 2.76. The third-order valence-corrected chi connectivity index (χ3v) is 5.43. The van der Waals surface area contributed by atoms with E-state index in [0.717, 1.165) is 16.6 Å². The van der Waals surface area contributed by atoms with E-state index in [1.807, 2.05) is 60.0 Å². The Labute approximate surface area is 152 Å². The van der Waals surface area contributed by atoms with Gasteiger partial charge in [0.05, 0.1) is 11.0 Å². The van der Waals surface area contributed by atoms with Gasteiger partial charge in [0, 0.05) is 11.6 Å². The standard InChI is InChI=1S/C18H14N4OS2/c23-16(22-17-19-10-11-24-17)15(12-6-2-1-3-7-12)25-18-20-13-8-4-5-9-14(13)21-18/h1-11,15H,(H,20,21)(H,19,22,23). The third-order valence-electron chi connectivity index (χ3n) is 3.60. The van der Waals surface area contributed by atoms with Crippen molar-refractivity contribution in [1.29, 1.82) is 0 Å². The number of thioether (sulfide) groups is 1. The lowest BCUT2D eigenvalue weighted by Gasteiger charge is -2.14. The largest absolute Gasteiger partial charge is 0.333 e. The first-order valence-electron chi connectivity index (χ1n) is 7.66. The SMILES string of the molecule is O=C(Nc1nccs1)C(Sc1nc2ccccc2[nH]1)c1ccccc1. The van der Waals surface area contributed by atoms with Gasteiger partial charge in [-0.1, -0.05) is 54.2 Å². The van der Waals surface area contributed by atoms with Crippen LogP contribution >= 0.6 is 23.1 Å². The Morgan fingerprint density at radius 3 is 2.68 bits per heavy atom. The number of benzene rings is 2. The number of hydrogen-bond acceptors (Lipinski definition) is 5. The molecule has 4 rings (SSSR count).